The summed E-state index contributed by atoms with van der Waals surface area (Å²) in [7, 11) is 0. The summed E-state index contributed by atoms with van der Waals surface area (Å²) in [6, 6.07) is 7.17. The summed E-state index contributed by atoms with van der Waals surface area (Å²) in [6.45, 7) is 7.16. The average Bonchev–Trinajstić information content (AvgIpc) is 2.28. The Hall–Kier alpha value is -1.39. The molecule has 0 unspecified atom stereocenters. The predicted molar refractivity (Wildman–Crippen MR) is 73.0 cm³/mol. The van der Waals surface area contributed by atoms with Gasteiger partial charge in [0.2, 0.25) is 5.91 Å². The van der Waals surface area contributed by atoms with E-state index in [9.17, 15) is 9.90 Å². The molecule has 4 nitrogen and oxygen atoms in total. The van der Waals surface area contributed by atoms with Gasteiger partial charge in [-0.2, -0.15) is 0 Å². The molecule has 0 spiro atoms. The van der Waals surface area contributed by atoms with Crippen molar-refractivity contribution in [2.24, 2.45) is 11.1 Å². The molecule has 0 saturated carbocycles. The lowest BCUT2D eigenvalue weighted by atomic mass is 9.74. The molecule has 0 aliphatic heterocycles. The highest BCUT2D eigenvalue weighted by molar-refractivity contribution is 5.96. The zero-order chi connectivity index (χ0) is 14.0. The Balaban J connectivity index is 2.95. The van der Waals surface area contributed by atoms with Crippen LogP contribution in [0, 0.1) is 5.41 Å². The third kappa shape index (κ3) is 2.89. The van der Waals surface area contributed by atoms with Gasteiger partial charge in [0.15, 0.2) is 0 Å². The van der Waals surface area contributed by atoms with E-state index in [-0.39, 0.29) is 12.5 Å². The Morgan fingerprint density at radius 2 is 1.83 bits per heavy atom. The molecule has 0 fully saturated rings. The van der Waals surface area contributed by atoms with Crippen LogP contribution in [0.25, 0.3) is 0 Å². The van der Waals surface area contributed by atoms with Crippen molar-refractivity contribution in [2.75, 3.05) is 5.32 Å². The van der Waals surface area contributed by atoms with Crippen molar-refractivity contribution in [1.82, 2.24) is 0 Å². The molecular formula is C14H22N2O2. The number of para-hydroxylation sites is 1. The lowest BCUT2D eigenvalue weighted by Gasteiger charge is -2.37. The van der Waals surface area contributed by atoms with E-state index in [0.29, 0.717) is 11.3 Å². The van der Waals surface area contributed by atoms with E-state index in [1.165, 1.54) is 0 Å². The maximum Gasteiger partial charge on any atom is 0.231 e. The zero-order valence-corrected chi connectivity index (χ0v) is 11.4. The van der Waals surface area contributed by atoms with Crippen molar-refractivity contribution in [2.45, 2.75) is 39.8 Å². The van der Waals surface area contributed by atoms with Crippen LogP contribution in [0.1, 0.15) is 33.3 Å². The van der Waals surface area contributed by atoms with Gasteiger partial charge in [0.05, 0.1) is 12.0 Å². The van der Waals surface area contributed by atoms with Gasteiger partial charge in [-0.05, 0) is 33.8 Å². The van der Waals surface area contributed by atoms with E-state index in [1.807, 2.05) is 39.8 Å². The van der Waals surface area contributed by atoms with E-state index >= 15 is 0 Å². The second-order valence-electron chi connectivity index (χ2n) is 5.62. The van der Waals surface area contributed by atoms with E-state index in [2.05, 4.69) is 5.32 Å². The van der Waals surface area contributed by atoms with Gasteiger partial charge in [-0.1, -0.05) is 18.2 Å². The fourth-order valence-electron chi connectivity index (χ4n) is 1.35. The monoisotopic (exact) mass is 250 g/mol. The number of nitrogens with one attached hydrogen (secondary N) is 1. The fraction of sp³-hybridized carbons (Fsp3) is 0.500. The number of carbonyl (C=O) groups is 1. The van der Waals surface area contributed by atoms with Crippen LogP contribution in [-0.2, 0) is 11.4 Å². The number of rotatable bonds is 4. The Bertz CT molecular complexity index is 434. The molecule has 100 valence electrons. The summed E-state index contributed by atoms with van der Waals surface area (Å²) >= 11 is 0. The Morgan fingerprint density at radius 3 is 2.33 bits per heavy atom. The molecule has 0 aliphatic carbocycles. The minimum absolute atomic E-state index is 0.108. The number of hydrogen-bond donors (Lipinski definition) is 3. The van der Waals surface area contributed by atoms with Crippen LogP contribution in [0.2, 0.25) is 0 Å². The molecule has 1 amide bonds. The van der Waals surface area contributed by atoms with Crippen LogP contribution in [0.4, 0.5) is 5.69 Å². The largest absolute Gasteiger partial charge is 0.392 e. The van der Waals surface area contributed by atoms with Crippen LogP contribution >= 0.6 is 0 Å². The van der Waals surface area contributed by atoms with Crippen LogP contribution in [0.5, 0.6) is 0 Å². The molecule has 0 bridgehead atoms. The molecule has 0 saturated heterocycles. The van der Waals surface area contributed by atoms with Crippen molar-refractivity contribution < 1.29 is 9.90 Å². The van der Waals surface area contributed by atoms with Crippen molar-refractivity contribution >= 4 is 11.6 Å². The zero-order valence-electron chi connectivity index (χ0n) is 11.4. The SMILES string of the molecule is CC(C)(N)C(C)(C)C(=O)Nc1ccccc1CO. The summed E-state index contributed by atoms with van der Waals surface area (Å²) in [5.41, 5.74) is 6.00. The first-order valence-electron chi connectivity index (χ1n) is 5.99. The molecular weight excluding hydrogens is 228 g/mol. The number of anilines is 1. The van der Waals surface area contributed by atoms with Crippen molar-refractivity contribution in [1.29, 1.82) is 0 Å². The smallest absolute Gasteiger partial charge is 0.231 e. The topological polar surface area (TPSA) is 75.4 Å². The highest BCUT2D eigenvalue weighted by atomic mass is 16.3. The second kappa shape index (κ2) is 5.08. The fourth-order valence-corrected chi connectivity index (χ4v) is 1.35. The van der Waals surface area contributed by atoms with E-state index in [1.54, 1.807) is 12.1 Å². The van der Waals surface area contributed by atoms with Crippen molar-refractivity contribution in [3.8, 4) is 0 Å². The maximum absolute atomic E-state index is 12.3. The lowest BCUT2D eigenvalue weighted by molar-refractivity contribution is -0.126. The number of hydrogen-bond acceptors (Lipinski definition) is 3. The molecule has 1 aromatic rings. The van der Waals surface area contributed by atoms with Gasteiger partial charge >= 0.3 is 0 Å². The summed E-state index contributed by atoms with van der Waals surface area (Å²) in [4.78, 5) is 12.3. The van der Waals surface area contributed by atoms with Gasteiger partial charge in [-0.15, -0.1) is 0 Å². The van der Waals surface area contributed by atoms with Crippen molar-refractivity contribution in [3.05, 3.63) is 29.8 Å². The summed E-state index contributed by atoms with van der Waals surface area (Å²) in [5, 5.41) is 12.0. The van der Waals surface area contributed by atoms with Crippen LogP contribution in [0.15, 0.2) is 24.3 Å². The number of amides is 1. The lowest BCUT2D eigenvalue weighted by Crippen LogP contribution is -2.53. The molecule has 0 heterocycles. The number of carbonyl (C=O) groups excluding carboxylic acids is 1. The first-order valence-corrected chi connectivity index (χ1v) is 5.99. The standard InChI is InChI=1S/C14H22N2O2/c1-13(2,14(3,4)15)12(18)16-11-8-6-5-7-10(11)9-17/h5-8,17H,9,15H2,1-4H3,(H,16,18). The second-order valence-corrected chi connectivity index (χ2v) is 5.62. The molecule has 1 aromatic carbocycles. The van der Waals surface area contributed by atoms with E-state index in [0.717, 1.165) is 0 Å². The minimum Gasteiger partial charge on any atom is -0.392 e. The van der Waals surface area contributed by atoms with E-state index in [4.69, 9.17) is 5.73 Å². The molecule has 0 radical (unpaired) electrons. The highest BCUT2D eigenvalue weighted by Crippen LogP contribution is 2.30. The summed E-state index contributed by atoms with van der Waals surface area (Å²) < 4.78 is 0. The Kier molecular flexibility index (Phi) is 4.14. The molecule has 0 aliphatic rings. The van der Waals surface area contributed by atoms with Gasteiger partial charge in [-0.3, -0.25) is 4.79 Å². The minimum atomic E-state index is -0.713. The quantitative estimate of drug-likeness (QED) is 0.763. The average molecular weight is 250 g/mol. The third-order valence-corrected chi connectivity index (χ3v) is 3.61. The molecule has 4 N–H and O–H groups in total. The third-order valence-electron chi connectivity index (χ3n) is 3.61. The van der Waals surface area contributed by atoms with Gasteiger partial charge < -0.3 is 16.2 Å². The van der Waals surface area contributed by atoms with Gasteiger partial charge in [0.25, 0.3) is 0 Å². The van der Waals surface area contributed by atoms with Crippen molar-refractivity contribution in [3.63, 3.8) is 0 Å². The first-order chi connectivity index (χ1) is 8.20. The Morgan fingerprint density at radius 1 is 1.28 bits per heavy atom. The van der Waals surface area contributed by atoms with Crippen LogP contribution in [0.3, 0.4) is 0 Å². The number of benzene rings is 1. The maximum atomic E-state index is 12.3. The van der Waals surface area contributed by atoms with E-state index < -0.39 is 11.0 Å². The molecule has 4 heteroatoms. The normalized spacial score (nSPS) is 12.3. The predicted octanol–water partition coefficient (Wildman–Crippen LogP) is 1.88. The molecule has 18 heavy (non-hydrogen) atoms. The van der Waals surface area contributed by atoms with Gasteiger partial charge in [0, 0.05) is 16.8 Å². The number of aliphatic hydroxyl groups excluding tert-OH is 1. The van der Waals surface area contributed by atoms with Gasteiger partial charge in [-0.25, -0.2) is 0 Å². The van der Waals surface area contributed by atoms with Crippen LogP contribution < -0.4 is 11.1 Å². The molecule has 1 rings (SSSR count). The summed E-state index contributed by atoms with van der Waals surface area (Å²) in [6.07, 6.45) is 0. The highest BCUT2D eigenvalue weighted by Gasteiger charge is 2.40. The Labute approximate surface area is 108 Å². The molecule has 0 atom stereocenters. The number of aliphatic hydroxyl groups is 1. The van der Waals surface area contributed by atoms with Gasteiger partial charge in [0.1, 0.15) is 0 Å². The first kappa shape index (κ1) is 14.7. The number of nitrogens with two attached hydrogens (primary N) is 1. The molecule has 0 aromatic heterocycles. The summed E-state index contributed by atoms with van der Waals surface area (Å²) in [5.74, 6) is -0.157. The van der Waals surface area contributed by atoms with Crippen LogP contribution in [-0.4, -0.2) is 16.6 Å².